The van der Waals surface area contributed by atoms with Crippen molar-refractivity contribution in [3.05, 3.63) is 40.8 Å². The highest BCUT2D eigenvalue weighted by Gasteiger charge is 2.03. The fourth-order valence-electron chi connectivity index (χ4n) is 1.29. The molecule has 0 amide bonds. The van der Waals surface area contributed by atoms with Gasteiger partial charge < -0.3 is 4.98 Å². The predicted octanol–water partition coefficient (Wildman–Crippen LogP) is 3.15. The third-order valence-corrected chi connectivity index (χ3v) is 2.42. The number of aromatic nitrogens is 2. The quantitative estimate of drug-likeness (QED) is 0.810. The normalized spacial score (nSPS) is 10.3. The molecular weight excluding hydrogens is 228 g/mol. The second kappa shape index (κ2) is 3.34. The number of benzene rings is 1. The van der Waals surface area contributed by atoms with Gasteiger partial charge in [-0.05, 0) is 19.1 Å². The van der Waals surface area contributed by atoms with Gasteiger partial charge in [0.05, 0.1) is 12.0 Å². The lowest BCUT2D eigenvalue weighted by Crippen LogP contribution is -1.80. The van der Waals surface area contributed by atoms with Crippen LogP contribution < -0.4 is 0 Å². The lowest BCUT2D eigenvalue weighted by atomic mass is 10.1. The highest BCUT2D eigenvalue weighted by Crippen LogP contribution is 2.22. The van der Waals surface area contributed by atoms with Gasteiger partial charge in [-0.25, -0.2) is 4.98 Å². The van der Waals surface area contributed by atoms with Crippen LogP contribution in [0.15, 0.2) is 35.1 Å². The Morgan fingerprint density at radius 1 is 1.38 bits per heavy atom. The summed E-state index contributed by atoms with van der Waals surface area (Å²) in [4.78, 5) is 7.31. The zero-order chi connectivity index (χ0) is 9.26. The van der Waals surface area contributed by atoms with Crippen molar-refractivity contribution in [1.82, 2.24) is 9.97 Å². The molecule has 0 saturated carbocycles. The van der Waals surface area contributed by atoms with Gasteiger partial charge in [-0.15, -0.1) is 0 Å². The molecule has 1 heterocycles. The van der Waals surface area contributed by atoms with Crippen molar-refractivity contribution in [2.24, 2.45) is 0 Å². The van der Waals surface area contributed by atoms with Crippen LogP contribution >= 0.6 is 15.9 Å². The second-order valence-electron chi connectivity index (χ2n) is 2.89. The summed E-state index contributed by atoms with van der Waals surface area (Å²) in [5, 5.41) is 0. The summed E-state index contributed by atoms with van der Waals surface area (Å²) in [6.07, 6.45) is 1.71. The first kappa shape index (κ1) is 8.51. The summed E-state index contributed by atoms with van der Waals surface area (Å²) in [7, 11) is 0. The Hall–Kier alpha value is -1.09. The largest absolute Gasteiger partial charge is 0.348 e. The van der Waals surface area contributed by atoms with Crippen LogP contribution in [0.2, 0.25) is 0 Å². The molecule has 1 N–H and O–H groups in total. The summed E-state index contributed by atoms with van der Waals surface area (Å²) in [6, 6.07) is 8.12. The first-order chi connectivity index (χ1) is 6.27. The molecule has 13 heavy (non-hydrogen) atoms. The molecule has 0 fully saturated rings. The fourth-order valence-corrected chi connectivity index (χ4v) is 1.68. The van der Waals surface area contributed by atoms with E-state index in [1.165, 1.54) is 0 Å². The van der Waals surface area contributed by atoms with Crippen LogP contribution in [0.1, 0.15) is 5.69 Å². The molecular formula is C10H9BrN2. The summed E-state index contributed by atoms with van der Waals surface area (Å²) in [5.74, 6) is 0. The minimum atomic E-state index is 1.02. The minimum Gasteiger partial charge on any atom is -0.348 e. The second-order valence-corrected chi connectivity index (χ2v) is 3.80. The monoisotopic (exact) mass is 236 g/mol. The van der Waals surface area contributed by atoms with E-state index in [1.807, 2.05) is 25.1 Å². The predicted molar refractivity (Wildman–Crippen MR) is 56.5 cm³/mol. The van der Waals surface area contributed by atoms with Crippen molar-refractivity contribution in [3.63, 3.8) is 0 Å². The average molecular weight is 237 g/mol. The molecule has 0 saturated heterocycles. The van der Waals surface area contributed by atoms with Crippen molar-refractivity contribution in [1.29, 1.82) is 0 Å². The van der Waals surface area contributed by atoms with Gasteiger partial charge >= 0.3 is 0 Å². The molecule has 0 aliphatic carbocycles. The lowest BCUT2D eigenvalue weighted by molar-refractivity contribution is 1.25. The van der Waals surface area contributed by atoms with Crippen molar-refractivity contribution in [2.75, 3.05) is 0 Å². The number of aromatic amines is 1. The van der Waals surface area contributed by atoms with Crippen LogP contribution in [0.3, 0.4) is 0 Å². The average Bonchev–Trinajstić information content (AvgIpc) is 2.51. The lowest BCUT2D eigenvalue weighted by Gasteiger charge is -1.98. The number of rotatable bonds is 1. The van der Waals surface area contributed by atoms with Gasteiger partial charge in [-0.1, -0.05) is 28.1 Å². The third kappa shape index (κ3) is 1.65. The van der Waals surface area contributed by atoms with Crippen molar-refractivity contribution < 1.29 is 0 Å². The first-order valence-electron chi connectivity index (χ1n) is 4.03. The number of halogens is 1. The number of hydrogen-bond donors (Lipinski definition) is 1. The molecule has 2 nitrogen and oxygen atoms in total. The van der Waals surface area contributed by atoms with Crippen LogP contribution in [-0.4, -0.2) is 9.97 Å². The zero-order valence-electron chi connectivity index (χ0n) is 7.21. The Morgan fingerprint density at radius 3 is 2.85 bits per heavy atom. The Morgan fingerprint density at radius 2 is 2.23 bits per heavy atom. The van der Waals surface area contributed by atoms with E-state index in [0.717, 1.165) is 21.4 Å². The van der Waals surface area contributed by atoms with Crippen molar-refractivity contribution in [3.8, 4) is 11.3 Å². The Balaban J connectivity index is 2.53. The first-order valence-corrected chi connectivity index (χ1v) is 4.82. The molecule has 0 unspecified atom stereocenters. The summed E-state index contributed by atoms with van der Waals surface area (Å²) < 4.78 is 1.08. The van der Waals surface area contributed by atoms with Crippen LogP contribution in [-0.2, 0) is 0 Å². The molecule has 0 radical (unpaired) electrons. The van der Waals surface area contributed by atoms with E-state index in [9.17, 15) is 0 Å². The molecule has 1 aromatic carbocycles. The number of imidazole rings is 1. The van der Waals surface area contributed by atoms with Gasteiger partial charge in [0.2, 0.25) is 0 Å². The molecule has 2 aromatic rings. The van der Waals surface area contributed by atoms with Gasteiger partial charge in [0, 0.05) is 15.7 Å². The summed E-state index contributed by atoms with van der Waals surface area (Å²) in [6.45, 7) is 2.02. The maximum atomic E-state index is 4.25. The van der Waals surface area contributed by atoms with E-state index in [2.05, 4.69) is 32.0 Å². The zero-order valence-corrected chi connectivity index (χ0v) is 8.80. The third-order valence-electron chi connectivity index (χ3n) is 1.93. The SMILES string of the molecule is Cc1[nH]cnc1-c1cccc(Br)c1. The summed E-state index contributed by atoms with van der Waals surface area (Å²) in [5.41, 5.74) is 3.24. The smallest absolute Gasteiger partial charge is 0.0929 e. The standard InChI is InChI=1S/C10H9BrN2/c1-7-10(13-6-12-7)8-3-2-4-9(11)5-8/h2-6H,1H3,(H,12,13). The van der Waals surface area contributed by atoms with E-state index < -0.39 is 0 Å². The highest BCUT2D eigenvalue weighted by molar-refractivity contribution is 9.10. The van der Waals surface area contributed by atoms with Crippen LogP contribution in [0.4, 0.5) is 0 Å². The fraction of sp³-hybridized carbons (Fsp3) is 0.100. The number of aryl methyl sites for hydroxylation is 1. The van der Waals surface area contributed by atoms with Gasteiger partial charge in [-0.3, -0.25) is 0 Å². The molecule has 3 heteroatoms. The minimum absolute atomic E-state index is 1.02. The number of nitrogens with one attached hydrogen (secondary N) is 1. The Kier molecular flexibility index (Phi) is 2.19. The molecule has 0 spiro atoms. The summed E-state index contributed by atoms with van der Waals surface area (Å²) >= 11 is 3.43. The molecule has 0 aliphatic rings. The van der Waals surface area contributed by atoms with Crippen molar-refractivity contribution in [2.45, 2.75) is 6.92 Å². The maximum Gasteiger partial charge on any atom is 0.0929 e. The van der Waals surface area contributed by atoms with Crippen LogP contribution in [0, 0.1) is 6.92 Å². The van der Waals surface area contributed by atoms with Gasteiger partial charge in [0.25, 0.3) is 0 Å². The Labute approximate surface area is 85.1 Å². The molecule has 0 bridgehead atoms. The number of H-pyrrole nitrogens is 1. The van der Waals surface area contributed by atoms with Crippen molar-refractivity contribution >= 4 is 15.9 Å². The van der Waals surface area contributed by atoms with Gasteiger partial charge in [-0.2, -0.15) is 0 Å². The molecule has 2 rings (SSSR count). The topological polar surface area (TPSA) is 28.7 Å². The molecule has 66 valence electrons. The number of nitrogens with zero attached hydrogens (tertiary/aromatic N) is 1. The van der Waals surface area contributed by atoms with E-state index in [1.54, 1.807) is 6.33 Å². The maximum absolute atomic E-state index is 4.25. The Bertz CT molecular complexity index is 420. The van der Waals surface area contributed by atoms with Crippen LogP contribution in [0.5, 0.6) is 0 Å². The van der Waals surface area contributed by atoms with E-state index in [-0.39, 0.29) is 0 Å². The highest BCUT2D eigenvalue weighted by atomic mass is 79.9. The molecule has 1 aromatic heterocycles. The number of hydrogen-bond acceptors (Lipinski definition) is 1. The van der Waals surface area contributed by atoms with E-state index >= 15 is 0 Å². The molecule has 0 atom stereocenters. The van der Waals surface area contributed by atoms with Gasteiger partial charge in [0.15, 0.2) is 0 Å². The van der Waals surface area contributed by atoms with E-state index in [4.69, 9.17) is 0 Å². The van der Waals surface area contributed by atoms with Gasteiger partial charge in [0.1, 0.15) is 0 Å². The van der Waals surface area contributed by atoms with E-state index in [0.29, 0.717) is 0 Å². The van der Waals surface area contributed by atoms with Crippen LogP contribution in [0.25, 0.3) is 11.3 Å². The molecule has 0 aliphatic heterocycles.